The van der Waals surface area contributed by atoms with E-state index in [0.717, 1.165) is 11.1 Å². The zero-order chi connectivity index (χ0) is 19.1. The monoisotopic (exact) mass is 354 g/mol. The van der Waals surface area contributed by atoms with Crippen molar-refractivity contribution in [1.82, 2.24) is 15.5 Å². The first-order chi connectivity index (χ1) is 12.4. The molecule has 0 aliphatic rings. The van der Waals surface area contributed by atoms with Crippen LogP contribution < -0.4 is 16.4 Å². The Morgan fingerprint density at radius 1 is 0.923 bits per heavy atom. The van der Waals surface area contributed by atoms with Gasteiger partial charge < -0.3 is 21.3 Å². The Morgan fingerprint density at radius 3 is 2.00 bits per heavy atom. The van der Waals surface area contributed by atoms with Crippen molar-refractivity contribution in [2.45, 2.75) is 13.1 Å². The van der Waals surface area contributed by atoms with E-state index in [1.807, 2.05) is 12.1 Å². The molecule has 0 bridgehead atoms. The van der Waals surface area contributed by atoms with E-state index in [1.54, 1.807) is 55.4 Å². The first-order valence-electron chi connectivity index (χ1n) is 8.09. The van der Waals surface area contributed by atoms with Crippen LogP contribution in [0.4, 0.5) is 4.79 Å². The number of nitrogens with one attached hydrogen (secondary N) is 2. The summed E-state index contributed by atoms with van der Waals surface area (Å²) in [6.45, 7) is 0.745. The maximum absolute atomic E-state index is 12.5. The molecule has 0 heterocycles. The third-order valence-electron chi connectivity index (χ3n) is 3.88. The molecule has 0 saturated carbocycles. The first kappa shape index (κ1) is 19.0. The summed E-state index contributed by atoms with van der Waals surface area (Å²) in [7, 11) is 3.30. The van der Waals surface area contributed by atoms with Crippen LogP contribution in [0.5, 0.6) is 0 Å². The second kappa shape index (κ2) is 8.66. The number of nitrogens with zero attached hydrogens (tertiary/aromatic N) is 1. The molecule has 2 aromatic carbocycles. The van der Waals surface area contributed by atoms with E-state index in [-0.39, 0.29) is 11.8 Å². The third kappa shape index (κ3) is 5.07. The second-order valence-electron chi connectivity index (χ2n) is 5.85. The Hall–Kier alpha value is -3.35. The van der Waals surface area contributed by atoms with Gasteiger partial charge in [0.15, 0.2) is 0 Å². The van der Waals surface area contributed by atoms with Crippen molar-refractivity contribution in [3.05, 3.63) is 70.8 Å². The topological polar surface area (TPSA) is 105 Å². The molecule has 0 fully saturated rings. The van der Waals surface area contributed by atoms with Gasteiger partial charge in [0.25, 0.3) is 11.8 Å². The van der Waals surface area contributed by atoms with Crippen LogP contribution >= 0.6 is 0 Å². The van der Waals surface area contributed by atoms with Gasteiger partial charge in [-0.3, -0.25) is 9.59 Å². The fraction of sp³-hybridized carbons (Fsp3) is 0.211. The van der Waals surface area contributed by atoms with E-state index < -0.39 is 6.03 Å². The Morgan fingerprint density at radius 2 is 1.46 bits per heavy atom. The molecule has 0 unspecified atom stereocenters. The van der Waals surface area contributed by atoms with Crippen molar-refractivity contribution in [2.75, 3.05) is 14.1 Å². The summed E-state index contributed by atoms with van der Waals surface area (Å²) in [6, 6.07) is 13.5. The SMILES string of the molecule is CNC(=O)c1ccc(CN(C)C(=O)c2ccc(CNC(N)=O)cc2)cc1. The summed E-state index contributed by atoms with van der Waals surface area (Å²) in [4.78, 5) is 36.4. The van der Waals surface area contributed by atoms with Crippen LogP contribution in [0.3, 0.4) is 0 Å². The van der Waals surface area contributed by atoms with Gasteiger partial charge >= 0.3 is 6.03 Å². The third-order valence-corrected chi connectivity index (χ3v) is 3.88. The standard InChI is InChI=1S/C19H22N4O3/c1-21-17(24)15-7-5-14(6-8-15)12-23(2)18(25)16-9-3-13(4-10-16)11-22-19(20)26/h3-10H,11-12H2,1-2H3,(H,21,24)(H3,20,22,26). The smallest absolute Gasteiger partial charge is 0.312 e. The molecule has 0 spiro atoms. The minimum absolute atomic E-state index is 0.116. The van der Waals surface area contributed by atoms with E-state index >= 15 is 0 Å². The lowest BCUT2D eigenvalue weighted by atomic mass is 10.1. The highest BCUT2D eigenvalue weighted by molar-refractivity contribution is 5.94. The van der Waals surface area contributed by atoms with Crippen molar-refractivity contribution in [3.63, 3.8) is 0 Å². The van der Waals surface area contributed by atoms with Crippen LogP contribution in [0, 0.1) is 0 Å². The predicted octanol–water partition coefficient (Wildman–Crippen LogP) is 1.49. The summed E-state index contributed by atoms with van der Waals surface area (Å²) in [5.74, 6) is -0.262. The van der Waals surface area contributed by atoms with Crippen LogP contribution in [-0.4, -0.2) is 36.8 Å². The minimum atomic E-state index is -0.590. The maximum Gasteiger partial charge on any atom is 0.312 e. The van der Waals surface area contributed by atoms with Gasteiger partial charge in [-0.25, -0.2) is 4.79 Å². The minimum Gasteiger partial charge on any atom is -0.355 e. The van der Waals surface area contributed by atoms with Crippen LogP contribution in [0.15, 0.2) is 48.5 Å². The number of carbonyl (C=O) groups is 3. The van der Waals surface area contributed by atoms with Crippen molar-refractivity contribution in [3.8, 4) is 0 Å². The van der Waals surface area contributed by atoms with Crippen molar-refractivity contribution < 1.29 is 14.4 Å². The highest BCUT2D eigenvalue weighted by Gasteiger charge is 2.12. The summed E-state index contributed by atoms with van der Waals surface area (Å²) in [5, 5.41) is 5.06. The Balaban J connectivity index is 1.98. The number of primary amides is 1. The van der Waals surface area contributed by atoms with Crippen LogP contribution in [0.1, 0.15) is 31.8 Å². The van der Waals surface area contributed by atoms with E-state index in [1.165, 1.54) is 0 Å². The number of carbonyl (C=O) groups excluding carboxylic acids is 3. The molecule has 136 valence electrons. The van der Waals surface area contributed by atoms with Crippen molar-refractivity contribution in [2.24, 2.45) is 5.73 Å². The van der Waals surface area contributed by atoms with Gasteiger partial charge in [0.1, 0.15) is 0 Å². The van der Waals surface area contributed by atoms with Crippen molar-refractivity contribution >= 4 is 17.8 Å². The molecule has 0 radical (unpaired) electrons. The molecule has 0 aliphatic heterocycles. The average molecular weight is 354 g/mol. The van der Waals surface area contributed by atoms with E-state index in [0.29, 0.717) is 24.2 Å². The molecule has 4 amide bonds. The molecule has 0 aromatic heterocycles. The summed E-state index contributed by atoms with van der Waals surface area (Å²) >= 11 is 0. The number of amides is 4. The lowest BCUT2D eigenvalue weighted by Gasteiger charge is -2.18. The number of benzene rings is 2. The molecule has 7 heteroatoms. The predicted molar refractivity (Wildman–Crippen MR) is 98.5 cm³/mol. The zero-order valence-corrected chi connectivity index (χ0v) is 14.8. The molecule has 2 rings (SSSR count). The quantitative estimate of drug-likeness (QED) is 0.732. The van der Waals surface area contributed by atoms with Crippen molar-refractivity contribution in [1.29, 1.82) is 0 Å². The molecule has 4 N–H and O–H groups in total. The molecule has 0 saturated heterocycles. The number of nitrogens with two attached hydrogens (primary N) is 1. The molecule has 0 aliphatic carbocycles. The fourth-order valence-electron chi connectivity index (χ4n) is 2.43. The average Bonchev–Trinajstić information content (AvgIpc) is 2.66. The van der Waals surface area contributed by atoms with Gasteiger partial charge in [0, 0.05) is 38.3 Å². The van der Waals surface area contributed by atoms with Gasteiger partial charge in [0.2, 0.25) is 0 Å². The second-order valence-corrected chi connectivity index (χ2v) is 5.85. The molecule has 0 atom stereocenters. The van der Waals surface area contributed by atoms with E-state index in [9.17, 15) is 14.4 Å². The van der Waals surface area contributed by atoms with Gasteiger partial charge in [-0.05, 0) is 35.4 Å². The van der Waals surface area contributed by atoms with E-state index in [2.05, 4.69) is 10.6 Å². The summed E-state index contributed by atoms with van der Waals surface area (Å²) < 4.78 is 0. The summed E-state index contributed by atoms with van der Waals surface area (Å²) in [6.07, 6.45) is 0. The number of hydrogen-bond donors (Lipinski definition) is 3. The van der Waals surface area contributed by atoms with Crippen LogP contribution in [0.25, 0.3) is 0 Å². The lowest BCUT2D eigenvalue weighted by Crippen LogP contribution is -2.28. The largest absolute Gasteiger partial charge is 0.355 e. The number of rotatable bonds is 6. The van der Waals surface area contributed by atoms with Gasteiger partial charge in [-0.2, -0.15) is 0 Å². The normalized spacial score (nSPS) is 10.1. The molecular formula is C19H22N4O3. The Kier molecular flexibility index (Phi) is 6.32. The molecule has 7 nitrogen and oxygen atoms in total. The molecule has 2 aromatic rings. The number of urea groups is 1. The Labute approximate surface area is 152 Å². The highest BCUT2D eigenvalue weighted by Crippen LogP contribution is 2.11. The molecule has 26 heavy (non-hydrogen) atoms. The first-order valence-corrected chi connectivity index (χ1v) is 8.09. The van der Waals surface area contributed by atoms with Crippen LogP contribution in [0.2, 0.25) is 0 Å². The Bertz CT molecular complexity index is 785. The maximum atomic E-state index is 12.5. The summed E-state index contributed by atoms with van der Waals surface area (Å²) in [5.41, 5.74) is 7.94. The van der Waals surface area contributed by atoms with E-state index in [4.69, 9.17) is 5.73 Å². The number of hydrogen-bond acceptors (Lipinski definition) is 3. The van der Waals surface area contributed by atoms with Crippen LogP contribution in [-0.2, 0) is 13.1 Å². The molecular weight excluding hydrogens is 332 g/mol. The van der Waals surface area contributed by atoms with Gasteiger partial charge in [-0.1, -0.05) is 24.3 Å². The van der Waals surface area contributed by atoms with Gasteiger partial charge in [-0.15, -0.1) is 0 Å². The fourth-order valence-corrected chi connectivity index (χ4v) is 2.43. The van der Waals surface area contributed by atoms with Gasteiger partial charge in [0.05, 0.1) is 0 Å². The lowest BCUT2D eigenvalue weighted by molar-refractivity contribution is 0.0784. The highest BCUT2D eigenvalue weighted by atomic mass is 16.2. The zero-order valence-electron chi connectivity index (χ0n) is 14.8.